The molecule has 0 fully saturated rings. The summed E-state index contributed by atoms with van der Waals surface area (Å²) >= 11 is 0. The van der Waals surface area contributed by atoms with Gasteiger partial charge in [0.25, 0.3) is 0 Å². The Balaban J connectivity index is 2.24. The van der Waals surface area contributed by atoms with Gasteiger partial charge >= 0.3 is 0 Å². The van der Waals surface area contributed by atoms with E-state index in [0.29, 0.717) is 6.04 Å². The van der Waals surface area contributed by atoms with E-state index in [2.05, 4.69) is 38.2 Å². The van der Waals surface area contributed by atoms with Crippen molar-refractivity contribution >= 4 is 0 Å². The molecule has 1 N–H and O–H groups in total. The lowest BCUT2D eigenvalue weighted by Gasteiger charge is -2.11. The van der Waals surface area contributed by atoms with Crippen LogP contribution >= 0.6 is 0 Å². The highest BCUT2D eigenvalue weighted by atomic mass is 16.5. The number of rotatable bonds is 3. The van der Waals surface area contributed by atoms with Crippen LogP contribution in [0.2, 0.25) is 0 Å². The lowest BCUT2D eigenvalue weighted by molar-refractivity contribution is 0.310. The summed E-state index contributed by atoms with van der Waals surface area (Å²) in [5.74, 6) is 1.10. The van der Waals surface area contributed by atoms with Crippen molar-refractivity contribution < 1.29 is 4.74 Å². The fourth-order valence-corrected chi connectivity index (χ4v) is 2.02. The summed E-state index contributed by atoms with van der Waals surface area (Å²) in [6, 6.07) is 4.76. The van der Waals surface area contributed by atoms with E-state index in [9.17, 15) is 0 Å². The maximum Gasteiger partial charge on any atom is 0.127 e. The topological polar surface area (TPSA) is 21.3 Å². The molecule has 1 aliphatic rings. The molecule has 0 aromatic heterocycles. The average molecular weight is 205 g/mol. The number of fused-ring (bicyclic) bond motifs is 1. The Labute approximate surface area is 91.6 Å². The summed E-state index contributed by atoms with van der Waals surface area (Å²) in [4.78, 5) is 0. The van der Waals surface area contributed by atoms with Gasteiger partial charge in [-0.15, -0.1) is 0 Å². The van der Waals surface area contributed by atoms with Crippen molar-refractivity contribution in [2.24, 2.45) is 0 Å². The zero-order valence-electron chi connectivity index (χ0n) is 9.76. The molecule has 82 valence electrons. The van der Waals surface area contributed by atoms with Gasteiger partial charge in [-0.05, 0) is 37.9 Å². The normalized spacial score (nSPS) is 18.7. The van der Waals surface area contributed by atoms with Crippen molar-refractivity contribution in [2.75, 3.05) is 13.2 Å². The van der Waals surface area contributed by atoms with Crippen LogP contribution in [0.1, 0.15) is 36.1 Å². The Bertz CT molecular complexity index is 360. The molecule has 1 aromatic rings. The van der Waals surface area contributed by atoms with E-state index in [4.69, 9.17) is 4.74 Å². The van der Waals surface area contributed by atoms with Crippen LogP contribution in [-0.2, 0) is 0 Å². The molecule has 0 radical (unpaired) electrons. The molecule has 2 nitrogen and oxygen atoms in total. The number of ether oxygens (including phenoxy) is 1. The molecule has 0 saturated heterocycles. The van der Waals surface area contributed by atoms with Crippen molar-refractivity contribution in [3.8, 4) is 5.75 Å². The second-order valence-electron chi connectivity index (χ2n) is 4.24. The zero-order valence-corrected chi connectivity index (χ0v) is 9.76. The van der Waals surface area contributed by atoms with Gasteiger partial charge in [0.05, 0.1) is 6.04 Å². The molecular formula is C13H19NO. The third-order valence-corrected chi connectivity index (χ3v) is 3.12. The number of nitrogens with one attached hydrogen (secondary N) is 1. The highest BCUT2D eigenvalue weighted by molar-refractivity contribution is 5.49. The van der Waals surface area contributed by atoms with Gasteiger partial charge in [0.2, 0.25) is 0 Å². The molecule has 1 unspecified atom stereocenters. The standard InChI is InChI=1S/C13H19NO/c1-4-7-14-12-8-15-13-10(3)9(2)5-6-11(12)13/h5-6,12,14H,4,7-8H2,1-3H3. The average Bonchev–Trinajstić information content (AvgIpc) is 2.64. The van der Waals surface area contributed by atoms with Crippen LogP contribution < -0.4 is 10.1 Å². The molecule has 0 saturated carbocycles. The Morgan fingerprint density at radius 2 is 2.20 bits per heavy atom. The van der Waals surface area contributed by atoms with Crippen LogP contribution in [0.15, 0.2) is 12.1 Å². The highest BCUT2D eigenvalue weighted by Gasteiger charge is 2.25. The summed E-state index contributed by atoms with van der Waals surface area (Å²) in [7, 11) is 0. The third-order valence-electron chi connectivity index (χ3n) is 3.12. The summed E-state index contributed by atoms with van der Waals surface area (Å²) in [6.07, 6.45) is 1.16. The number of benzene rings is 1. The van der Waals surface area contributed by atoms with E-state index in [1.54, 1.807) is 0 Å². The first-order valence-corrected chi connectivity index (χ1v) is 5.70. The summed E-state index contributed by atoms with van der Waals surface area (Å²) in [5.41, 5.74) is 3.92. The van der Waals surface area contributed by atoms with Crippen molar-refractivity contribution in [3.63, 3.8) is 0 Å². The van der Waals surface area contributed by atoms with Crippen molar-refractivity contribution in [3.05, 3.63) is 28.8 Å². The van der Waals surface area contributed by atoms with Gasteiger partial charge in [0.1, 0.15) is 12.4 Å². The second-order valence-corrected chi connectivity index (χ2v) is 4.24. The van der Waals surface area contributed by atoms with Crippen LogP contribution in [0.4, 0.5) is 0 Å². The molecule has 0 bridgehead atoms. The molecule has 1 aliphatic heterocycles. The summed E-state index contributed by atoms with van der Waals surface area (Å²) < 4.78 is 5.76. The Morgan fingerprint density at radius 1 is 1.40 bits per heavy atom. The molecule has 0 amide bonds. The maximum absolute atomic E-state index is 5.76. The first-order valence-electron chi connectivity index (χ1n) is 5.70. The van der Waals surface area contributed by atoms with Crippen LogP contribution in [0.3, 0.4) is 0 Å². The van der Waals surface area contributed by atoms with Crippen LogP contribution in [0.5, 0.6) is 5.75 Å². The predicted molar refractivity (Wildman–Crippen MR) is 62.4 cm³/mol. The maximum atomic E-state index is 5.76. The second kappa shape index (κ2) is 4.23. The third kappa shape index (κ3) is 1.86. The lowest BCUT2D eigenvalue weighted by Crippen LogP contribution is -2.22. The van der Waals surface area contributed by atoms with E-state index >= 15 is 0 Å². The first kappa shape index (κ1) is 10.5. The van der Waals surface area contributed by atoms with E-state index in [0.717, 1.165) is 25.3 Å². The molecule has 0 aliphatic carbocycles. The molecule has 0 spiro atoms. The SMILES string of the molecule is CCCNC1COc2c1ccc(C)c2C. The highest BCUT2D eigenvalue weighted by Crippen LogP contribution is 2.36. The zero-order chi connectivity index (χ0) is 10.8. The smallest absolute Gasteiger partial charge is 0.127 e. The van der Waals surface area contributed by atoms with Gasteiger partial charge in [-0.2, -0.15) is 0 Å². The molecule has 15 heavy (non-hydrogen) atoms. The molecule has 1 atom stereocenters. The van der Waals surface area contributed by atoms with E-state index in [1.807, 2.05) is 0 Å². The fraction of sp³-hybridized carbons (Fsp3) is 0.538. The van der Waals surface area contributed by atoms with Crippen LogP contribution in [0, 0.1) is 13.8 Å². The van der Waals surface area contributed by atoms with Gasteiger partial charge in [-0.3, -0.25) is 0 Å². The quantitative estimate of drug-likeness (QED) is 0.819. The van der Waals surface area contributed by atoms with Crippen molar-refractivity contribution in [1.82, 2.24) is 5.32 Å². The number of hydrogen-bond donors (Lipinski definition) is 1. The van der Waals surface area contributed by atoms with E-state index < -0.39 is 0 Å². The summed E-state index contributed by atoms with van der Waals surface area (Å²) in [6.45, 7) is 8.28. The monoisotopic (exact) mass is 205 g/mol. The minimum atomic E-state index is 0.388. The Kier molecular flexibility index (Phi) is 2.96. The molecule has 2 rings (SSSR count). The lowest BCUT2D eigenvalue weighted by atomic mass is 10.0. The van der Waals surface area contributed by atoms with E-state index in [-0.39, 0.29) is 0 Å². The molecule has 2 heteroatoms. The van der Waals surface area contributed by atoms with Gasteiger partial charge in [0, 0.05) is 5.56 Å². The molecule has 1 aromatic carbocycles. The molecular weight excluding hydrogens is 186 g/mol. The summed E-state index contributed by atoms with van der Waals surface area (Å²) in [5, 5.41) is 3.51. The number of aryl methyl sites for hydroxylation is 1. The van der Waals surface area contributed by atoms with Crippen LogP contribution in [-0.4, -0.2) is 13.2 Å². The van der Waals surface area contributed by atoms with Crippen molar-refractivity contribution in [1.29, 1.82) is 0 Å². The van der Waals surface area contributed by atoms with Gasteiger partial charge < -0.3 is 10.1 Å². The Hall–Kier alpha value is -1.02. The Morgan fingerprint density at radius 3 is 2.93 bits per heavy atom. The largest absolute Gasteiger partial charge is 0.491 e. The van der Waals surface area contributed by atoms with Gasteiger partial charge in [-0.1, -0.05) is 19.1 Å². The van der Waals surface area contributed by atoms with Gasteiger partial charge in [-0.25, -0.2) is 0 Å². The fourth-order valence-electron chi connectivity index (χ4n) is 2.02. The van der Waals surface area contributed by atoms with Gasteiger partial charge in [0.15, 0.2) is 0 Å². The number of hydrogen-bond acceptors (Lipinski definition) is 2. The van der Waals surface area contributed by atoms with Crippen LogP contribution in [0.25, 0.3) is 0 Å². The first-order chi connectivity index (χ1) is 7.24. The molecule has 1 heterocycles. The van der Waals surface area contributed by atoms with E-state index in [1.165, 1.54) is 16.7 Å². The van der Waals surface area contributed by atoms with Crippen molar-refractivity contribution in [2.45, 2.75) is 33.2 Å². The predicted octanol–water partition coefficient (Wildman–Crippen LogP) is 2.74. The minimum Gasteiger partial charge on any atom is -0.491 e. The minimum absolute atomic E-state index is 0.388.